The molecule has 2 aromatic rings. The van der Waals surface area contributed by atoms with E-state index in [0.717, 1.165) is 12.8 Å². The van der Waals surface area contributed by atoms with E-state index < -0.39 is 0 Å². The lowest BCUT2D eigenvalue weighted by molar-refractivity contribution is 0.342. The summed E-state index contributed by atoms with van der Waals surface area (Å²) >= 11 is 12.1. The van der Waals surface area contributed by atoms with E-state index in [0.29, 0.717) is 34.9 Å². The number of rotatable bonds is 4. The summed E-state index contributed by atoms with van der Waals surface area (Å²) in [5.74, 6) is 1.78. The number of aromatic hydroxyl groups is 1. The van der Waals surface area contributed by atoms with E-state index in [9.17, 15) is 5.11 Å². The van der Waals surface area contributed by atoms with Crippen LogP contribution in [0.25, 0.3) is 0 Å². The molecular weight excluding hydrogens is 307 g/mol. The van der Waals surface area contributed by atoms with Crippen molar-refractivity contribution in [1.29, 1.82) is 0 Å². The molecule has 0 saturated carbocycles. The highest BCUT2D eigenvalue weighted by molar-refractivity contribution is 6.33. The van der Waals surface area contributed by atoms with Crippen LogP contribution < -0.4 is 4.74 Å². The van der Waals surface area contributed by atoms with Crippen molar-refractivity contribution < 1.29 is 9.84 Å². The molecule has 0 bridgehead atoms. The largest absolute Gasteiger partial charge is 0.508 e. The third-order valence-corrected chi connectivity index (χ3v) is 4.50. The fourth-order valence-electron chi connectivity index (χ4n) is 2.95. The molecule has 0 amide bonds. The zero-order chi connectivity index (χ0) is 14.8. The molecule has 0 aliphatic heterocycles. The minimum absolute atomic E-state index is 0.292. The van der Waals surface area contributed by atoms with Crippen molar-refractivity contribution in [2.75, 3.05) is 12.5 Å². The molecule has 3 rings (SSSR count). The van der Waals surface area contributed by atoms with Gasteiger partial charge in [-0.2, -0.15) is 0 Å². The molecule has 4 heteroatoms. The minimum Gasteiger partial charge on any atom is -0.508 e. The predicted octanol–water partition coefficient (Wildman–Crippen LogP) is 4.74. The normalized spacial score (nSPS) is 16.8. The highest BCUT2D eigenvalue weighted by atomic mass is 35.5. The Bertz CT molecular complexity index is 638. The van der Waals surface area contributed by atoms with Gasteiger partial charge in [0, 0.05) is 5.92 Å². The maximum atomic E-state index is 9.41. The number of ether oxygens (including phenoxy) is 1. The van der Waals surface area contributed by atoms with Crippen molar-refractivity contribution in [2.45, 2.75) is 18.8 Å². The van der Waals surface area contributed by atoms with Gasteiger partial charge < -0.3 is 9.84 Å². The van der Waals surface area contributed by atoms with Crippen LogP contribution in [0.15, 0.2) is 36.4 Å². The lowest BCUT2D eigenvalue weighted by Crippen LogP contribution is -2.01. The van der Waals surface area contributed by atoms with Crippen LogP contribution in [0.5, 0.6) is 11.5 Å². The van der Waals surface area contributed by atoms with E-state index in [4.69, 9.17) is 27.9 Å². The van der Waals surface area contributed by atoms with E-state index in [1.54, 1.807) is 12.1 Å². The van der Waals surface area contributed by atoms with E-state index in [2.05, 4.69) is 6.07 Å². The molecule has 1 atom stereocenters. The van der Waals surface area contributed by atoms with Crippen LogP contribution in [0.4, 0.5) is 0 Å². The quantitative estimate of drug-likeness (QED) is 0.824. The minimum atomic E-state index is 0.292. The van der Waals surface area contributed by atoms with E-state index in [1.807, 2.05) is 18.2 Å². The monoisotopic (exact) mass is 322 g/mol. The Kier molecular flexibility index (Phi) is 4.27. The van der Waals surface area contributed by atoms with Gasteiger partial charge in [-0.25, -0.2) is 0 Å². The van der Waals surface area contributed by atoms with Crippen molar-refractivity contribution in [1.82, 2.24) is 0 Å². The maximum Gasteiger partial charge on any atom is 0.138 e. The highest BCUT2D eigenvalue weighted by Gasteiger charge is 2.27. The number of hydrogen-bond donors (Lipinski definition) is 1. The zero-order valence-electron chi connectivity index (χ0n) is 11.5. The molecule has 0 fully saturated rings. The first-order valence-corrected chi connectivity index (χ1v) is 7.91. The van der Waals surface area contributed by atoms with Crippen molar-refractivity contribution >= 4 is 23.2 Å². The van der Waals surface area contributed by atoms with Crippen LogP contribution in [0.3, 0.4) is 0 Å². The highest BCUT2D eigenvalue weighted by Crippen LogP contribution is 2.44. The zero-order valence-corrected chi connectivity index (χ0v) is 13.0. The van der Waals surface area contributed by atoms with Gasteiger partial charge in [-0.15, -0.1) is 11.6 Å². The molecule has 1 unspecified atom stereocenters. The molecule has 110 valence electrons. The fourth-order valence-corrected chi connectivity index (χ4v) is 3.35. The second-order valence-electron chi connectivity index (χ2n) is 5.17. The van der Waals surface area contributed by atoms with Gasteiger partial charge in [-0.1, -0.05) is 29.8 Å². The number of halogens is 2. The number of hydrogen-bond acceptors (Lipinski definition) is 2. The van der Waals surface area contributed by atoms with Gasteiger partial charge in [-0.3, -0.25) is 0 Å². The second-order valence-corrected chi connectivity index (χ2v) is 5.92. The topological polar surface area (TPSA) is 29.5 Å². The van der Waals surface area contributed by atoms with E-state index in [1.165, 1.54) is 16.7 Å². The van der Waals surface area contributed by atoms with E-state index >= 15 is 0 Å². The summed E-state index contributed by atoms with van der Waals surface area (Å²) in [7, 11) is 0. The summed E-state index contributed by atoms with van der Waals surface area (Å²) < 4.78 is 5.57. The summed E-state index contributed by atoms with van der Waals surface area (Å²) in [4.78, 5) is 0. The summed E-state index contributed by atoms with van der Waals surface area (Å²) in [6, 6.07) is 11.4. The number of phenolic OH excluding ortho intramolecular Hbond substituents is 1. The summed E-state index contributed by atoms with van der Waals surface area (Å²) in [6.45, 7) is 0.460. The van der Waals surface area contributed by atoms with Crippen molar-refractivity contribution in [3.05, 3.63) is 58.1 Å². The average molecular weight is 323 g/mol. The van der Waals surface area contributed by atoms with Crippen LogP contribution in [-0.4, -0.2) is 17.6 Å². The van der Waals surface area contributed by atoms with Gasteiger partial charge in [0.15, 0.2) is 0 Å². The molecule has 1 aliphatic carbocycles. The third kappa shape index (κ3) is 2.83. The number of alkyl halides is 1. The Morgan fingerprint density at radius 1 is 1.14 bits per heavy atom. The Morgan fingerprint density at radius 3 is 2.62 bits per heavy atom. The Hall–Kier alpha value is -1.38. The second kappa shape index (κ2) is 6.17. The Morgan fingerprint density at radius 2 is 1.90 bits per heavy atom. The summed E-state index contributed by atoms with van der Waals surface area (Å²) in [5, 5.41) is 10.1. The van der Waals surface area contributed by atoms with Crippen molar-refractivity contribution in [3.8, 4) is 11.5 Å². The Labute approximate surface area is 134 Å². The molecule has 0 aromatic heterocycles. The standard InChI is InChI=1S/C17H16Cl2O2/c18-9-10-21-16-8-7-14-13(5-6-15(14)17(16)19)11-1-3-12(20)4-2-11/h1-4,7-8,13,20H,5-6,9-10H2. The molecule has 2 nitrogen and oxygen atoms in total. The first kappa shape index (κ1) is 14.6. The van der Waals surface area contributed by atoms with Crippen LogP contribution in [0.2, 0.25) is 5.02 Å². The lowest BCUT2D eigenvalue weighted by atomic mass is 9.93. The number of fused-ring (bicyclic) bond motifs is 1. The van der Waals surface area contributed by atoms with Gasteiger partial charge in [0.1, 0.15) is 18.1 Å². The molecule has 0 heterocycles. The number of benzene rings is 2. The van der Waals surface area contributed by atoms with Gasteiger partial charge >= 0.3 is 0 Å². The van der Waals surface area contributed by atoms with Crippen LogP contribution in [-0.2, 0) is 6.42 Å². The van der Waals surface area contributed by atoms with Crippen LogP contribution in [0, 0.1) is 0 Å². The Balaban J connectivity index is 1.92. The smallest absolute Gasteiger partial charge is 0.138 e. The van der Waals surface area contributed by atoms with Crippen molar-refractivity contribution in [2.24, 2.45) is 0 Å². The predicted molar refractivity (Wildman–Crippen MR) is 85.9 cm³/mol. The average Bonchev–Trinajstić information content (AvgIpc) is 2.92. The molecule has 0 saturated heterocycles. The molecule has 1 aliphatic rings. The van der Waals surface area contributed by atoms with Gasteiger partial charge in [0.05, 0.1) is 10.9 Å². The molecule has 2 aromatic carbocycles. The SMILES string of the molecule is Oc1ccc(C2CCc3c2ccc(OCCCl)c3Cl)cc1. The molecule has 1 N–H and O–H groups in total. The summed E-state index contributed by atoms with van der Waals surface area (Å²) in [5.41, 5.74) is 3.63. The first-order valence-electron chi connectivity index (χ1n) is 6.99. The first-order chi connectivity index (χ1) is 10.2. The summed E-state index contributed by atoms with van der Waals surface area (Å²) in [6.07, 6.45) is 1.97. The van der Waals surface area contributed by atoms with Gasteiger partial charge in [0.25, 0.3) is 0 Å². The molecule has 0 radical (unpaired) electrons. The maximum absolute atomic E-state index is 9.41. The van der Waals surface area contributed by atoms with Gasteiger partial charge in [-0.05, 0) is 47.7 Å². The third-order valence-electron chi connectivity index (χ3n) is 3.93. The molecular formula is C17H16Cl2O2. The lowest BCUT2D eigenvalue weighted by Gasteiger charge is -2.14. The molecule has 21 heavy (non-hydrogen) atoms. The van der Waals surface area contributed by atoms with Gasteiger partial charge in [0.2, 0.25) is 0 Å². The van der Waals surface area contributed by atoms with E-state index in [-0.39, 0.29) is 0 Å². The number of phenols is 1. The van der Waals surface area contributed by atoms with Crippen LogP contribution >= 0.6 is 23.2 Å². The molecule has 0 spiro atoms. The van der Waals surface area contributed by atoms with Crippen molar-refractivity contribution in [3.63, 3.8) is 0 Å². The van der Waals surface area contributed by atoms with Crippen LogP contribution in [0.1, 0.15) is 29.0 Å². The fraction of sp³-hybridized carbons (Fsp3) is 0.294.